The van der Waals surface area contributed by atoms with Crippen LogP contribution in [0.4, 0.5) is 4.79 Å². The second-order valence-corrected chi connectivity index (χ2v) is 9.68. The van der Waals surface area contributed by atoms with E-state index in [1.165, 1.54) is 0 Å². The number of carbonyl (C=O) groups is 2. The molecule has 0 radical (unpaired) electrons. The van der Waals surface area contributed by atoms with Crippen molar-refractivity contribution in [2.45, 2.75) is 58.1 Å². The molecule has 2 N–H and O–H groups in total. The summed E-state index contributed by atoms with van der Waals surface area (Å²) in [5, 5.41) is 5.08. The van der Waals surface area contributed by atoms with Gasteiger partial charge in [-0.2, -0.15) is 0 Å². The van der Waals surface area contributed by atoms with Crippen LogP contribution in [-0.2, 0) is 19.6 Å². The normalized spacial score (nSPS) is 25.4. The fraction of sp³-hybridized carbons (Fsp3) is 0.875. The number of hydrogen-bond acceptors (Lipinski definition) is 5. The number of rotatable bonds is 4. The molecule has 0 aromatic carbocycles. The van der Waals surface area contributed by atoms with Crippen molar-refractivity contribution in [3.63, 3.8) is 0 Å². The molecule has 9 heteroatoms. The number of nitrogens with two attached hydrogens (primary N) is 1. The van der Waals surface area contributed by atoms with Gasteiger partial charge in [0.1, 0.15) is 5.60 Å². The first-order chi connectivity index (χ1) is 11.4. The van der Waals surface area contributed by atoms with Gasteiger partial charge in [0.25, 0.3) is 0 Å². The molecule has 2 heterocycles. The molecule has 0 aromatic heterocycles. The van der Waals surface area contributed by atoms with Gasteiger partial charge in [0.2, 0.25) is 15.9 Å². The highest BCUT2D eigenvalue weighted by Gasteiger charge is 2.37. The molecular formula is C16H29N3O5S. The monoisotopic (exact) mass is 375 g/mol. The summed E-state index contributed by atoms with van der Waals surface area (Å²) in [6.45, 7) is 6.87. The lowest BCUT2D eigenvalue weighted by Crippen LogP contribution is -2.51. The quantitative estimate of drug-likeness (QED) is 0.785. The standard InChI is InChI=1S/C16H29N3O5S/c1-16(2,3)24-15(21)19-7-5-4-6-13(19)10-18-9-12(8-14(18)20)11-25(17,22)23/h12-13H,4-11H2,1-3H3,(H2,17,22,23). The molecule has 2 fully saturated rings. The summed E-state index contributed by atoms with van der Waals surface area (Å²) < 4.78 is 28.0. The number of ether oxygens (including phenoxy) is 1. The summed E-state index contributed by atoms with van der Waals surface area (Å²) >= 11 is 0. The maximum absolute atomic E-state index is 12.4. The number of primary sulfonamides is 1. The van der Waals surface area contributed by atoms with E-state index in [9.17, 15) is 18.0 Å². The molecule has 2 rings (SSSR count). The Morgan fingerprint density at radius 2 is 2.00 bits per heavy atom. The van der Waals surface area contributed by atoms with Crippen LogP contribution in [0.1, 0.15) is 46.5 Å². The summed E-state index contributed by atoms with van der Waals surface area (Å²) in [7, 11) is -3.60. The molecule has 8 nitrogen and oxygen atoms in total. The van der Waals surface area contributed by atoms with Crippen molar-refractivity contribution >= 4 is 22.0 Å². The molecule has 2 aliphatic rings. The molecule has 0 aromatic rings. The number of amides is 2. The van der Waals surface area contributed by atoms with E-state index >= 15 is 0 Å². The van der Waals surface area contributed by atoms with Crippen molar-refractivity contribution in [2.75, 3.05) is 25.4 Å². The van der Waals surface area contributed by atoms with Crippen LogP contribution in [-0.4, -0.2) is 67.2 Å². The van der Waals surface area contributed by atoms with Crippen LogP contribution < -0.4 is 5.14 Å². The molecule has 2 saturated heterocycles. The third kappa shape index (κ3) is 6.14. The molecule has 0 saturated carbocycles. The van der Waals surface area contributed by atoms with Gasteiger partial charge in [-0.1, -0.05) is 0 Å². The average Bonchev–Trinajstić information content (AvgIpc) is 2.75. The number of nitrogens with zero attached hydrogens (tertiary/aromatic N) is 2. The predicted molar refractivity (Wildman–Crippen MR) is 93.2 cm³/mol. The van der Waals surface area contributed by atoms with Gasteiger partial charge in [-0.15, -0.1) is 0 Å². The predicted octanol–water partition coefficient (Wildman–Crippen LogP) is 0.913. The zero-order chi connectivity index (χ0) is 18.8. The maximum Gasteiger partial charge on any atom is 0.410 e. The SMILES string of the molecule is CC(C)(C)OC(=O)N1CCCCC1CN1CC(CS(N)(=O)=O)CC1=O. The molecule has 0 spiro atoms. The maximum atomic E-state index is 12.4. The zero-order valence-corrected chi connectivity index (χ0v) is 16.0. The second kappa shape index (κ2) is 7.49. The van der Waals surface area contributed by atoms with Gasteiger partial charge in [-0.25, -0.2) is 18.4 Å². The summed E-state index contributed by atoms with van der Waals surface area (Å²) in [5.74, 6) is -0.542. The van der Waals surface area contributed by atoms with E-state index in [0.29, 0.717) is 19.6 Å². The van der Waals surface area contributed by atoms with Gasteiger partial charge < -0.3 is 14.5 Å². The van der Waals surface area contributed by atoms with Gasteiger partial charge in [-0.3, -0.25) is 4.79 Å². The van der Waals surface area contributed by atoms with E-state index in [2.05, 4.69) is 0 Å². The largest absolute Gasteiger partial charge is 0.444 e. The van der Waals surface area contributed by atoms with Crippen molar-refractivity contribution in [2.24, 2.45) is 11.1 Å². The Labute approximate surface area is 149 Å². The molecule has 2 aliphatic heterocycles. The lowest BCUT2D eigenvalue weighted by atomic mass is 10.0. The summed E-state index contributed by atoms with van der Waals surface area (Å²) in [5.41, 5.74) is -0.566. The lowest BCUT2D eigenvalue weighted by molar-refractivity contribution is -0.128. The first-order valence-corrected chi connectivity index (χ1v) is 10.4. The van der Waals surface area contributed by atoms with Crippen molar-refractivity contribution < 1.29 is 22.7 Å². The van der Waals surface area contributed by atoms with E-state index in [1.807, 2.05) is 20.8 Å². The van der Waals surface area contributed by atoms with Crippen molar-refractivity contribution in [1.29, 1.82) is 0 Å². The van der Waals surface area contributed by atoms with Gasteiger partial charge in [0.15, 0.2) is 0 Å². The van der Waals surface area contributed by atoms with Crippen LogP contribution in [0.2, 0.25) is 0 Å². The smallest absolute Gasteiger partial charge is 0.410 e. The Kier molecular flexibility index (Phi) is 5.98. The number of hydrogen-bond donors (Lipinski definition) is 1. The summed E-state index contributed by atoms with van der Waals surface area (Å²) in [6.07, 6.45) is 2.55. The first kappa shape index (κ1) is 20.0. The van der Waals surface area contributed by atoms with Crippen LogP contribution in [0.15, 0.2) is 0 Å². The van der Waals surface area contributed by atoms with Crippen LogP contribution in [0.3, 0.4) is 0 Å². The average molecular weight is 375 g/mol. The molecule has 25 heavy (non-hydrogen) atoms. The highest BCUT2D eigenvalue weighted by atomic mass is 32.2. The Bertz CT molecular complexity index is 614. The van der Waals surface area contributed by atoms with Gasteiger partial charge in [0, 0.05) is 32.0 Å². The van der Waals surface area contributed by atoms with Gasteiger partial charge >= 0.3 is 6.09 Å². The van der Waals surface area contributed by atoms with Crippen molar-refractivity contribution in [3.05, 3.63) is 0 Å². The minimum atomic E-state index is -3.60. The Morgan fingerprint density at radius 3 is 2.60 bits per heavy atom. The zero-order valence-electron chi connectivity index (χ0n) is 15.2. The Balaban J connectivity index is 1.99. The molecule has 0 aliphatic carbocycles. The van der Waals surface area contributed by atoms with Crippen LogP contribution in [0.5, 0.6) is 0 Å². The fourth-order valence-corrected chi connectivity index (χ4v) is 4.36. The number of sulfonamides is 1. The molecule has 2 atom stereocenters. The second-order valence-electron chi connectivity index (χ2n) is 8.02. The van der Waals surface area contributed by atoms with Crippen LogP contribution in [0, 0.1) is 5.92 Å². The third-order valence-electron chi connectivity index (χ3n) is 4.45. The van der Waals surface area contributed by atoms with Gasteiger partial charge in [-0.05, 0) is 40.0 Å². The summed E-state index contributed by atoms with van der Waals surface area (Å²) in [4.78, 5) is 28.0. The molecular weight excluding hydrogens is 346 g/mol. The number of carbonyl (C=O) groups excluding carboxylic acids is 2. The molecule has 2 amide bonds. The molecule has 0 bridgehead atoms. The van der Waals surface area contributed by atoms with Crippen molar-refractivity contribution in [1.82, 2.24) is 9.80 Å². The Hall–Kier alpha value is -1.35. The lowest BCUT2D eigenvalue weighted by Gasteiger charge is -2.38. The Morgan fingerprint density at radius 1 is 1.32 bits per heavy atom. The highest BCUT2D eigenvalue weighted by molar-refractivity contribution is 7.89. The van der Waals surface area contributed by atoms with E-state index in [-0.39, 0.29) is 36.1 Å². The fourth-order valence-electron chi connectivity index (χ4n) is 3.48. The number of likely N-dealkylation sites (tertiary alicyclic amines) is 2. The van der Waals surface area contributed by atoms with Crippen LogP contribution >= 0.6 is 0 Å². The summed E-state index contributed by atoms with van der Waals surface area (Å²) in [6, 6.07) is -0.0965. The van der Waals surface area contributed by atoms with E-state index in [1.54, 1.807) is 9.80 Å². The minimum absolute atomic E-state index is 0.0802. The number of piperidine rings is 1. The highest BCUT2D eigenvalue weighted by Crippen LogP contribution is 2.25. The van der Waals surface area contributed by atoms with Gasteiger partial charge in [0.05, 0.1) is 11.8 Å². The van der Waals surface area contributed by atoms with Crippen LogP contribution in [0.25, 0.3) is 0 Å². The third-order valence-corrected chi connectivity index (χ3v) is 5.38. The van der Waals surface area contributed by atoms with Crippen molar-refractivity contribution in [3.8, 4) is 0 Å². The van der Waals surface area contributed by atoms with E-state index in [0.717, 1.165) is 19.3 Å². The first-order valence-electron chi connectivity index (χ1n) is 8.72. The van der Waals surface area contributed by atoms with E-state index < -0.39 is 15.6 Å². The molecule has 144 valence electrons. The van der Waals surface area contributed by atoms with E-state index in [4.69, 9.17) is 9.88 Å². The molecule has 2 unspecified atom stereocenters. The topological polar surface area (TPSA) is 110 Å². The minimum Gasteiger partial charge on any atom is -0.444 e.